The van der Waals surface area contributed by atoms with Gasteiger partial charge in [0.05, 0.1) is 13.5 Å². The Balaban J connectivity index is 1.51. The molecular weight excluding hydrogens is 364 g/mol. The number of nitrogens with one attached hydrogen (secondary N) is 1. The number of nitrogens with zero attached hydrogens (tertiary/aromatic N) is 1. The van der Waals surface area contributed by atoms with Crippen LogP contribution in [0, 0.1) is 0 Å². The van der Waals surface area contributed by atoms with Gasteiger partial charge in [-0.1, -0.05) is 12.8 Å². The molecule has 1 atom stereocenters. The molecular formula is C20H24N2O6. The van der Waals surface area contributed by atoms with Gasteiger partial charge in [-0.2, -0.15) is 0 Å². The normalized spacial score (nSPS) is 18.9. The lowest BCUT2D eigenvalue weighted by atomic mass is 9.98. The molecule has 1 aliphatic carbocycles. The minimum absolute atomic E-state index is 0.0608. The smallest absolute Gasteiger partial charge is 0.325 e. The summed E-state index contributed by atoms with van der Waals surface area (Å²) in [5.41, 5.74) is -0.392. The number of carbonyl (C=O) groups is 4. The third kappa shape index (κ3) is 3.85. The minimum Gasteiger partial charge on any atom is -0.497 e. The Morgan fingerprint density at radius 2 is 1.82 bits per heavy atom. The quantitative estimate of drug-likeness (QED) is 0.436. The van der Waals surface area contributed by atoms with E-state index in [2.05, 4.69) is 5.32 Å². The van der Waals surface area contributed by atoms with E-state index in [0.717, 1.165) is 17.7 Å². The first kappa shape index (κ1) is 19.9. The summed E-state index contributed by atoms with van der Waals surface area (Å²) >= 11 is 0. The molecule has 0 radical (unpaired) electrons. The van der Waals surface area contributed by atoms with Gasteiger partial charge >= 0.3 is 12.0 Å². The van der Waals surface area contributed by atoms with Crippen LogP contribution in [0.1, 0.15) is 49.4 Å². The van der Waals surface area contributed by atoms with Crippen LogP contribution in [0.3, 0.4) is 0 Å². The number of imide groups is 1. The molecule has 1 aliphatic heterocycles. The zero-order chi connectivity index (χ0) is 20.3. The zero-order valence-corrected chi connectivity index (χ0v) is 16.0. The number of carbonyl (C=O) groups excluding carboxylic acids is 4. The summed E-state index contributed by atoms with van der Waals surface area (Å²) < 4.78 is 10.2. The molecule has 2 fully saturated rings. The molecule has 0 aromatic heterocycles. The second kappa shape index (κ2) is 8.00. The molecule has 1 aromatic rings. The van der Waals surface area contributed by atoms with E-state index >= 15 is 0 Å². The summed E-state index contributed by atoms with van der Waals surface area (Å²) in [6.07, 6.45) is 1.93. The second-order valence-electron chi connectivity index (χ2n) is 7.15. The molecule has 150 valence electrons. The molecule has 1 spiro atoms. The number of amides is 3. The topological polar surface area (TPSA) is 102 Å². The fourth-order valence-electron chi connectivity index (χ4n) is 3.70. The summed E-state index contributed by atoms with van der Waals surface area (Å²) in [6, 6.07) is 6.03. The Morgan fingerprint density at radius 3 is 2.43 bits per heavy atom. The van der Waals surface area contributed by atoms with E-state index in [0.29, 0.717) is 24.2 Å². The molecule has 8 nitrogen and oxygen atoms in total. The first-order valence-electron chi connectivity index (χ1n) is 9.38. The highest BCUT2D eigenvalue weighted by Crippen LogP contribution is 2.35. The summed E-state index contributed by atoms with van der Waals surface area (Å²) in [4.78, 5) is 50.2. The van der Waals surface area contributed by atoms with Gasteiger partial charge in [-0.05, 0) is 44.0 Å². The van der Waals surface area contributed by atoms with E-state index in [-0.39, 0.29) is 24.7 Å². The molecule has 28 heavy (non-hydrogen) atoms. The number of ketones is 1. The first-order valence-corrected chi connectivity index (χ1v) is 9.38. The van der Waals surface area contributed by atoms with E-state index in [1.807, 2.05) is 0 Å². The van der Waals surface area contributed by atoms with E-state index in [1.54, 1.807) is 24.3 Å². The summed E-state index contributed by atoms with van der Waals surface area (Å²) in [5.74, 6) is -0.627. The van der Waals surface area contributed by atoms with Gasteiger partial charge in [0, 0.05) is 12.1 Å². The highest BCUT2D eigenvalue weighted by Gasteiger charge is 2.52. The summed E-state index contributed by atoms with van der Waals surface area (Å²) in [5, 5.41) is 2.76. The standard InChI is InChI=1S/C20H24N2O6/c1-13(17(24)14-5-7-15(27-2)8-6-14)28-16(23)9-12-22-18(25)20(21-19(22)26)10-3-4-11-20/h5-8,13H,3-4,9-12H2,1-2H3,(H,21,26)/t13-/m0/s1. The Bertz CT molecular complexity index is 782. The van der Waals surface area contributed by atoms with Gasteiger partial charge in [0.25, 0.3) is 5.91 Å². The molecule has 1 saturated heterocycles. The molecule has 3 amide bonds. The van der Waals surface area contributed by atoms with E-state index in [1.165, 1.54) is 14.0 Å². The van der Waals surface area contributed by atoms with Crippen LogP contribution in [0.4, 0.5) is 4.79 Å². The monoisotopic (exact) mass is 388 g/mol. The van der Waals surface area contributed by atoms with Crippen LogP contribution in [-0.4, -0.2) is 53.9 Å². The van der Waals surface area contributed by atoms with Gasteiger partial charge in [0.1, 0.15) is 11.3 Å². The van der Waals surface area contributed by atoms with Crippen molar-refractivity contribution in [3.63, 3.8) is 0 Å². The third-order valence-electron chi connectivity index (χ3n) is 5.29. The lowest BCUT2D eigenvalue weighted by molar-refractivity contribution is -0.146. The molecule has 1 aromatic carbocycles. The van der Waals surface area contributed by atoms with Crippen LogP contribution >= 0.6 is 0 Å². The second-order valence-corrected chi connectivity index (χ2v) is 7.15. The molecule has 0 unspecified atom stereocenters. The minimum atomic E-state index is -0.967. The zero-order valence-electron chi connectivity index (χ0n) is 16.0. The number of methoxy groups -OCH3 is 1. The number of benzene rings is 1. The van der Waals surface area contributed by atoms with Gasteiger partial charge in [0.2, 0.25) is 5.78 Å². The number of Topliss-reactive ketones (excluding diaryl/α,β-unsaturated/α-hetero) is 1. The predicted molar refractivity (Wildman–Crippen MR) is 98.9 cm³/mol. The van der Waals surface area contributed by atoms with E-state index in [4.69, 9.17) is 9.47 Å². The van der Waals surface area contributed by atoms with Gasteiger partial charge in [-0.25, -0.2) is 4.79 Å². The number of urea groups is 1. The largest absolute Gasteiger partial charge is 0.497 e. The average molecular weight is 388 g/mol. The lowest BCUT2D eigenvalue weighted by Gasteiger charge is -2.20. The highest BCUT2D eigenvalue weighted by molar-refractivity contribution is 6.07. The van der Waals surface area contributed by atoms with Crippen LogP contribution in [0.15, 0.2) is 24.3 Å². The fourth-order valence-corrected chi connectivity index (χ4v) is 3.70. The van der Waals surface area contributed by atoms with Gasteiger partial charge in [0.15, 0.2) is 6.10 Å². The fraction of sp³-hybridized carbons (Fsp3) is 0.500. The van der Waals surface area contributed by atoms with Crippen molar-refractivity contribution in [3.05, 3.63) is 29.8 Å². The maximum absolute atomic E-state index is 12.5. The van der Waals surface area contributed by atoms with Crippen LogP contribution in [-0.2, 0) is 14.3 Å². The molecule has 1 N–H and O–H groups in total. The summed E-state index contributed by atoms with van der Waals surface area (Å²) in [7, 11) is 1.53. The Morgan fingerprint density at radius 1 is 1.18 bits per heavy atom. The van der Waals surface area contributed by atoms with Crippen molar-refractivity contribution in [1.82, 2.24) is 10.2 Å². The van der Waals surface area contributed by atoms with Crippen molar-refractivity contribution < 1.29 is 28.7 Å². The molecule has 1 saturated carbocycles. The van der Waals surface area contributed by atoms with Crippen molar-refractivity contribution >= 4 is 23.7 Å². The molecule has 3 rings (SSSR count). The predicted octanol–water partition coefficient (Wildman–Crippen LogP) is 2.06. The number of hydrogen-bond donors (Lipinski definition) is 1. The van der Waals surface area contributed by atoms with Gasteiger partial charge in [-0.15, -0.1) is 0 Å². The van der Waals surface area contributed by atoms with Crippen molar-refractivity contribution in [1.29, 1.82) is 0 Å². The number of hydrogen-bond acceptors (Lipinski definition) is 6. The van der Waals surface area contributed by atoms with Crippen molar-refractivity contribution in [2.75, 3.05) is 13.7 Å². The maximum atomic E-state index is 12.5. The lowest BCUT2D eigenvalue weighted by Crippen LogP contribution is -2.44. The van der Waals surface area contributed by atoms with Crippen LogP contribution < -0.4 is 10.1 Å². The van der Waals surface area contributed by atoms with Crippen molar-refractivity contribution in [2.45, 2.75) is 50.7 Å². The summed E-state index contributed by atoms with van der Waals surface area (Å²) in [6.45, 7) is 1.43. The average Bonchev–Trinajstić information content (AvgIpc) is 3.25. The van der Waals surface area contributed by atoms with Crippen molar-refractivity contribution in [2.24, 2.45) is 0 Å². The third-order valence-corrected chi connectivity index (χ3v) is 5.29. The van der Waals surface area contributed by atoms with Gasteiger partial charge < -0.3 is 14.8 Å². The molecule has 1 heterocycles. The Hall–Kier alpha value is -2.90. The Kier molecular flexibility index (Phi) is 5.67. The van der Waals surface area contributed by atoms with Crippen LogP contribution in [0.25, 0.3) is 0 Å². The molecule has 2 aliphatic rings. The van der Waals surface area contributed by atoms with Crippen LogP contribution in [0.2, 0.25) is 0 Å². The highest BCUT2D eigenvalue weighted by atomic mass is 16.5. The van der Waals surface area contributed by atoms with Crippen molar-refractivity contribution in [3.8, 4) is 5.75 Å². The Labute approximate surface area is 163 Å². The maximum Gasteiger partial charge on any atom is 0.325 e. The van der Waals surface area contributed by atoms with E-state index in [9.17, 15) is 19.2 Å². The molecule has 8 heteroatoms. The van der Waals surface area contributed by atoms with Gasteiger partial charge in [-0.3, -0.25) is 19.3 Å². The SMILES string of the molecule is COc1ccc(C(=O)[C@H](C)OC(=O)CCN2C(=O)NC3(CCCC3)C2=O)cc1. The van der Waals surface area contributed by atoms with Crippen LogP contribution in [0.5, 0.6) is 5.75 Å². The number of esters is 1. The van der Waals surface area contributed by atoms with E-state index < -0.39 is 23.6 Å². The first-order chi connectivity index (χ1) is 13.4. The number of rotatable bonds is 7. The number of ether oxygens (including phenoxy) is 2. The molecule has 0 bridgehead atoms.